The average Bonchev–Trinajstić information content (AvgIpc) is 3.25. The van der Waals surface area contributed by atoms with Gasteiger partial charge in [0.2, 0.25) is 0 Å². The summed E-state index contributed by atoms with van der Waals surface area (Å²) in [4.78, 5) is 37.6. The molecule has 0 saturated heterocycles. The summed E-state index contributed by atoms with van der Waals surface area (Å²) in [5, 5.41) is 3.01. The molecule has 1 aliphatic carbocycles. The van der Waals surface area contributed by atoms with Gasteiger partial charge in [0.1, 0.15) is 10.5 Å². The molecule has 3 aromatic heterocycles. The van der Waals surface area contributed by atoms with Gasteiger partial charge in [-0.3, -0.25) is 9.59 Å². The van der Waals surface area contributed by atoms with Crippen molar-refractivity contribution in [3.05, 3.63) is 62.6 Å². The van der Waals surface area contributed by atoms with E-state index < -0.39 is 0 Å². The quantitative estimate of drug-likeness (QED) is 0.505. The molecule has 148 valence electrons. The molecule has 0 saturated carbocycles. The topological polar surface area (TPSA) is 81.8 Å². The number of thiophene rings is 1. The first-order chi connectivity index (χ1) is 14.1. The summed E-state index contributed by atoms with van der Waals surface area (Å²) in [5.41, 5.74) is 4.96. The van der Waals surface area contributed by atoms with Gasteiger partial charge in [0.15, 0.2) is 0 Å². The van der Waals surface area contributed by atoms with E-state index in [1.54, 1.807) is 11.9 Å². The van der Waals surface area contributed by atoms with Crippen molar-refractivity contribution in [2.45, 2.75) is 38.6 Å². The van der Waals surface area contributed by atoms with Crippen LogP contribution in [0.5, 0.6) is 0 Å². The molecule has 3 heterocycles. The summed E-state index contributed by atoms with van der Waals surface area (Å²) >= 11 is 1.37. The molecule has 1 amide bonds. The van der Waals surface area contributed by atoms with Gasteiger partial charge in [-0.15, -0.1) is 11.3 Å². The fourth-order valence-electron chi connectivity index (χ4n) is 4.23. The van der Waals surface area contributed by atoms with Crippen LogP contribution in [0.3, 0.4) is 0 Å². The fraction of sp³-hybridized carbons (Fsp3) is 0.318. The number of rotatable bonds is 3. The van der Waals surface area contributed by atoms with Gasteiger partial charge in [-0.25, -0.2) is 4.98 Å². The summed E-state index contributed by atoms with van der Waals surface area (Å²) in [6.07, 6.45) is 5.81. The maximum atomic E-state index is 13.0. The van der Waals surface area contributed by atoms with Crippen molar-refractivity contribution in [2.24, 2.45) is 0 Å². The van der Waals surface area contributed by atoms with Gasteiger partial charge in [0.25, 0.3) is 11.5 Å². The van der Waals surface area contributed by atoms with E-state index in [-0.39, 0.29) is 18.0 Å². The lowest BCUT2D eigenvalue weighted by molar-refractivity contribution is 0.0781. The van der Waals surface area contributed by atoms with Gasteiger partial charge in [-0.2, -0.15) is 0 Å². The molecule has 1 aromatic carbocycles. The van der Waals surface area contributed by atoms with Crippen LogP contribution >= 0.6 is 11.3 Å². The molecule has 0 aliphatic heterocycles. The van der Waals surface area contributed by atoms with E-state index in [1.165, 1.54) is 41.9 Å². The zero-order chi connectivity index (χ0) is 20.0. The highest BCUT2D eigenvalue weighted by Gasteiger charge is 2.18. The molecule has 2 N–H and O–H groups in total. The second kappa shape index (κ2) is 7.15. The number of hydrogen-bond acceptors (Lipinski definition) is 4. The number of hydrogen-bond donors (Lipinski definition) is 2. The Hall–Kier alpha value is -2.93. The molecular formula is C22H22N4O2S. The highest BCUT2D eigenvalue weighted by Crippen LogP contribution is 2.29. The zero-order valence-corrected chi connectivity index (χ0v) is 17.1. The van der Waals surface area contributed by atoms with Gasteiger partial charge < -0.3 is 14.9 Å². The number of benzene rings is 1. The molecule has 7 heteroatoms. The number of aromatic amines is 2. The molecule has 0 unspecified atom stereocenters. The van der Waals surface area contributed by atoms with Gasteiger partial charge in [-0.1, -0.05) is 6.42 Å². The van der Waals surface area contributed by atoms with Crippen molar-refractivity contribution < 1.29 is 4.79 Å². The first-order valence-corrected chi connectivity index (χ1v) is 10.8. The van der Waals surface area contributed by atoms with E-state index in [0.29, 0.717) is 21.6 Å². The number of nitrogens with one attached hydrogen (secondary N) is 2. The van der Waals surface area contributed by atoms with E-state index in [9.17, 15) is 9.59 Å². The summed E-state index contributed by atoms with van der Waals surface area (Å²) in [6.45, 7) is 0.253. The third kappa shape index (κ3) is 3.25. The van der Waals surface area contributed by atoms with Crippen LogP contribution in [0.15, 0.2) is 34.4 Å². The van der Waals surface area contributed by atoms with Crippen LogP contribution in [0.25, 0.3) is 21.1 Å². The number of amides is 1. The highest BCUT2D eigenvalue weighted by atomic mass is 32.1. The van der Waals surface area contributed by atoms with Gasteiger partial charge >= 0.3 is 0 Å². The Morgan fingerprint density at radius 1 is 1.17 bits per heavy atom. The first-order valence-electron chi connectivity index (χ1n) is 9.95. The molecule has 29 heavy (non-hydrogen) atoms. The number of fused-ring (bicyclic) bond motifs is 4. The molecule has 0 spiro atoms. The number of H-pyrrole nitrogens is 2. The van der Waals surface area contributed by atoms with Crippen LogP contribution in [0.4, 0.5) is 0 Å². The van der Waals surface area contributed by atoms with Gasteiger partial charge in [0, 0.05) is 29.2 Å². The van der Waals surface area contributed by atoms with E-state index in [4.69, 9.17) is 0 Å². The second-order valence-electron chi connectivity index (χ2n) is 7.71. The predicted octanol–water partition coefficient (Wildman–Crippen LogP) is 4.01. The SMILES string of the molecule is CN(Cc1nc2ccsc2c(=O)[nH]1)C(=O)c1ccc2[nH]c3c(c2c1)CCCCC3. The first kappa shape index (κ1) is 18.1. The van der Waals surface area contributed by atoms with E-state index in [2.05, 4.69) is 15.0 Å². The molecule has 4 aromatic rings. The Morgan fingerprint density at radius 3 is 2.93 bits per heavy atom. The van der Waals surface area contributed by atoms with Crippen molar-refractivity contribution in [3.63, 3.8) is 0 Å². The molecule has 6 nitrogen and oxygen atoms in total. The van der Waals surface area contributed by atoms with Crippen LogP contribution in [0, 0.1) is 0 Å². The van der Waals surface area contributed by atoms with Crippen LogP contribution < -0.4 is 5.56 Å². The molecule has 1 aliphatic rings. The minimum absolute atomic E-state index is 0.0801. The van der Waals surface area contributed by atoms with Crippen molar-refractivity contribution in [1.82, 2.24) is 19.9 Å². The Morgan fingerprint density at radius 2 is 2.03 bits per heavy atom. The summed E-state index contributed by atoms with van der Waals surface area (Å²) in [5.74, 6) is 0.414. The largest absolute Gasteiger partial charge is 0.358 e. The van der Waals surface area contributed by atoms with Crippen molar-refractivity contribution in [1.29, 1.82) is 0 Å². The van der Waals surface area contributed by atoms with E-state index in [0.717, 1.165) is 23.7 Å². The Balaban J connectivity index is 1.43. The Bertz CT molecular complexity index is 1280. The van der Waals surface area contributed by atoms with Crippen LogP contribution in [0.1, 0.15) is 46.7 Å². The molecule has 0 atom stereocenters. The minimum atomic E-state index is -0.155. The normalized spacial score (nSPS) is 14.1. The Labute approximate surface area is 171 Å². The lowest BCUT2D eigenvalue weighted by atomic mass is 10.0. The summed E-state index contributed by atoms with van der Waals surface area (Å²) < 4.78 is 0.612. The summed E-state index contributed by atoms with van der Waals surface area (Å²) in [7, 11) is 1.74. The number of aryl methyl sites for hydroxylation is 2. The number of aromatic nitrogens is 3. The van der Waals surface area contributed by atoms with Crippen molar-refractivity contribution in [3.8, 4) is 0 Å². The third-order valence-electron chi connectivity index (χ3n) is 5.69. The smallest absolute Gasteiger partial charge is 0.268 e. The highest BCUT2D eigenvalue weighted by molar-refractivity contribution is 7.17. The monoisotopic (exact) mass is 406 g/mol. The van der Waals surface area contributed by atoms with Crippen LogP contribution in [-0.4, -0.2) is 32.8 Å². The number of nitrogens with zero attached hydrogens (tertiary/aromatic N) is 2. The van der Waals surface area contributed by atoms with Gasteiger partial charge in [-0.05, 0) is 60.9 Å². The maximum absolute atomic E-state index is 13.0. The second-order valence-corrected chi connectivity index (χ2v) is 8.63. The van der Waals surface area contributed by atoms with Crippen molar-refractivity contribution >= 4 is 38.4 Å². The van der Waals surface area contributed by atoms with Crippen LogP contribution in [-0.2, 0) is 19.4 Å². The lowest BCUT2D eigenvalue weighted by Gasteiger charge is -2.17. The van der Waals surface area contributed by atoms with Crippen molar-refractivity contribution in [2.75, 3.05) is 7.05 Å². The molecule has 0 fully saturated rings. The Kier molecular flexibility index (Phi) is 4.47. The molecule has 0 bridgehead atoms. The molecule has 5 rings (SSSR count). The third-order valence-corrected chi connectivity index (χ3v) is 6.59. The predicted molar refractivity (Wildman–Crippen MR) is 116 cm³/mol. The standard InChI is InChI=1S/C22H22N4O2S/c1-26(12-19-24-18-9-10-29-20(18)21(27)25-19)22(28)13-7-8-17-15(11-13)14-5-3-2-4-6-16(14)23-17/h7-11,23H,2-6,12H2,1H3,(H,24,25,27). The number of carbonyl (C=O) groups is 1. The maximum Gasteiger partial charge on any atom is 0.268 e. The van der Waals surface area contributed by atoms with Crippen LogP contribution in [0.2, 0.25) is 0 Å². The lowest BCUT2D eigenvalue weighted by Crippen LogP contribution is -2.28. The molecular weight excluding hydrogens is 384 g/mol. The van der Waals surface area contributed by atoms with Gasteiger partial charge in [0.05, 0.1) is 12.1 Å². The average molecular weight is 407 g/mol. The van der Waals surface area contributed by atoms with E-state index >= 15 is 0 Å². The van der Waals surface area contributed by atoms with E-state index in [1.807, 2.05) is 29.6 Å². The number of carbonyl (C=O) groups excluding carboxylic acids is 1. The summed E-state index contributed by atoms with van der Waals surface area (Å²) in [6, 6.07) is 7.71. The zero-order valence-electron chi connectivity index (χ0n) is 16.2. The minimum Gasteiger partial charge on any atom is -0.358 e. The fourth-order valence-corrected chi connectivity index (χ4v) is 4.95. The molecule has 0 radical (unpaired) electrons.